The summed E-state index contributed by atoms with van der Waals surface area (Å²) in [5.74, 6) is -2.02. The van der Waals surface area contributed by atoms with Gasteiger partial charge >= 0.3 is 5.97 Å². The Labute approximate surface area is 187 Å². The molecule has 32 heavy (non-hydrogen) atoms. The lowest BCUT2D eigenvalue weighted by Crippen LogP contribution is -2.36. The van der Waals surface area contributed by atoms with Crippen molar-refractivity contribution in [1.29, 1.82) is 0 Å². The number of rotatable bonds is 8. The van der Waals surface area contributed by atoms with Crippen LogP contribution in [0.15, 0.2) is 53.4 Å². The molecule has 2 aromatic carbocycles. The predicted octanol–water partition coefficient (Wildman–Crippen LogP) is 3.44. The topological polar surface area (TPSA) is 102 Å². The first kappa shape index (κ1) is 23.0. The molecule has 2 aromatic rings. The van der Waals surface area contributed by atoms with E-state index in [9.17, 15) is 23.6 Å². The monoisotopic (exact) mass is 458 g/mol. The number of ether oxygens (including phenoxy) is 2. The fourth-order valence-electron chi connectivity index (χ4n) is 2.76. The molecule has 10 heteroatoms. The van der Waals surface area contributed by atoms with Gasteiger partial charge in [-0.15, -0.1) is 0 Å². The van der Waals surface area contributed by atoms with Crippen LogP contribution in [-0.4, -0.2) is 47.7 Å². The first-order valence-electron chi connectivity index (χ1n) is 9.55. The van der Waals surface area contributed by atoms with Gasteiger partial charge in [0, 0.05) is 11.3 Å². The molecule has 1 saturated heterocycles. The molecule has 3 rings (SSSR count). The lowest BCUT2D eigenvalue weighted by molar-refractivity contribution is -0.145. The summed E-state index contributed by atoms with van der Waals surface area (Å²) in [7, 11) is 0. The van der Waals surface area contributed by atoms with Crippen molar-refractivity contribution < 1.29 is 33.0 Å². The largest absolute Gasteiger partial charge is 0.481 e. The maximum atomic E-state index is 13.3. The summed E-state index contributed by atoms with van der Waals surface area (Å²) in [5.41, 5.74) is 0.691. The lowest BCUT2D eigenvalue weighted by Gasteiger charge is -2.12. The molecular formula is C22H19FN2O6S. The molecule has 0 bridgehead atoms. The Balaban J connectivity index is 1.69. The number of halogens is 1. The molecule has 1 N–H and O–H groups in total. The van der Waals surface area contributed by atoms with E-state index < -0.39 is 35.4 Å². The van der Waals surface area contributed by atoms with Crippen LogP contribution in [0.1, 0.15) is 12.5 Å². The van der Waals surface area contributed by atoms with Crippen molar-refractivity contribution >= 4 is 46.5 Å². The third kappa shape index (κ3) is 5.94. The first-order valence-corrected chi connectivity index (χ1v) is 10.4. The number of nitrogens with one attached hydrogen (secondary N) is 1. The Morgan fingerprint density at radius 1 is 1.16 bits per heavy atom. The fraction of sp³-hybridized carbons (Fsp3) is 0.182. The van der Waals surface area contributed by atoms with Crippen molar-refractivity contribution in [3.05, 3.63) is 64.8 Å². The summed E-state index contributed by atoms with van der Waals surface area (Å²) in [5, 5.41) is 1.83. The second-order valence-corrected chi connectivity index (χ2v) is 7.45. The van der Waals surface area contributed by atoms with Gasteiger partial charge < -0.3 is 14.8 Å². The normalized spacial score (nSPS) is 14.6. The van der Waals surface area contributed by atoms with E-state index >= 15 is 0 Å². The third-order valence-corrected chi connectivity index (χ3v) is 5.05. The van der Waals surface area contributed by atoms with E-state index in [2.05, 4.69) is 5.32 Å². The summed E-state index contributed by atoms with van der Waals surface area (Å²) < 4.78 is 23.5. The number of hydrogen-bond donors (Lipinski definition) is 1. The van der Waals surface area contributed by atoms with Crippen molar-refractivity contribution in [2.24, 2.45) is 0 Å². The zero-order valence-electron chi connectivity index (χ0n) is 17.0. The molecule has 1 fully saturated rings. The summed E-state index contributed by atoms with van der Waals surface area (Å²) >= 11 is 0.680. The molecule has 8 nitrogen and oxygen atoms in total. The average molecular weight is 458 g/mol. The van der Waals surface area contributed by atoms with Crippen molar-refractivity contribution in [3.8, 4) is 5.75 Å². The van der Waals surface area contributed by atoms with E-state index in [1.807, 2.05) is 0 Å². The Kier molecular flexibility index (Phi) is 7.61. The Bertz CT molecular complexity index is 1090. The SMILES string of the molecule is CCOC(=O)COc1ccccc1/C=C1/SC(=O)N(CC(=O)Nc2cccc(F)c2)C1=O. The number of thioether (sulfide) groups is 1. The highest BCUT2D eigenvalue weighted by Gasteiger charge is 2.36. The van der Waals surface area contributed by atoms with Crippen molar-refractivity contribution in [2.45, 2.75) is 6.92 Å². The summed E-state index contributed by atoms with van der Waals surface area (Å²) in [6.07, 6.45) is 1.45. The second kappa shape index (κ2) is 10.6. The number of benzene rings is 2. The van der Waals surface area contributed by atoms with E-state index in [-0.39, 0.29) is 23.8 Å². The van der Waals surface area contributed by atoms with Crippen LogP contribution in [0, 0.1) is 5.82 Å². The van der Waals surface area contributed by atoms with Crippen molar-refractivity contribution in [1.82, 2.24) is 4.90 Å². The van der Waals surface area contributed by atoms with Gasteiger partial charge in [-0.25, -0.2) is 9.18 Å². The van der Waals surface area contributed by atoms with E-state index in [1.165, 1.54) is 24.3 Å². The number of hydrogen-bond acceptors (Lipinski definition) is 7. The molecule has 0 spiro atoms. The maximum absolute atomic E-state index is 13.3. The minimum absolute atomic E-state index is 0.0979. The van der Waals surface area contributed by atoms with Gasteiger partial charge in [0.05, 0.1) is 11.5 Å². The number of carbonyl (C=O) groups is 4. The minimum Gasteiger partial charge on any atom is -0.481 e. The summed E-state index contributed by atoms with van der Waals surface area (Å²) in [6, 6.07) is 11.9. The van der Waals surface area contributed by atoms with Gasteiger partial charge in [-0.2, -0.15) is 0 Å². The fourth-order valence-corrected chi connectivity index (χ4v) is 3.59. The van der Waals surface area contributed by atoms with Crippen molar-refractivity contribution in [3.63, 3.8) is 0 Å². The number of amides is 3. The van der Waals surface area contributed by atoms with Gasteiger partial charge in [-0.1, -0.05) is 24.3 Å². The molecule has 0 aromatic heterocycles. The molecule has 0 unspecified atom stereocenters. The zero-order valence-corrected chi connectivity index (χ0v) is 17.8. The highest BCUT2D eigenvalue weighted by Crippen LogP contribution is 2.33. The van der Waals surface area contributed by atoms with E-state index in [4.69, 9.17) is 9.47 Å². The number of carbonyl (C=O) groups excluding carboxylic acids is 4. The molecule has 1 aliphatic rings. The average Bonchev–Trinajstić information content (AvgIpc) is 3.00. The zero-order chi connectivity index (χ0) is 23.1. The lowest BCUT2D eigenvalue weighted by atomic mass is 10.2. The first-order chi connectivity index (χ1) is 15.4. The van der Waals surface area contributed by atoms with Crippen LogP contribution >= 0.6 is 11.8 Å². The number of nitrogens with zero attached hydrogens (tertiary/aromatic N) is 1. The molecule has 1 aliphatic heterocycles. The van der Waals surface area contributed by atoms with Crippen LogP contribution in [0.4, 0.5) is 14.9 Å². The van der Waals surface area contributed by atoms with Crippen LogP contribution in [0.2, 0.25) is 0 Å². The smallest absolute Gasteiger partial charge is 0.344 e. The molecule has 0 aliphatic carbocycles. The Morgan fingerprint density at radius 2 is 1.94 bits per heavy atom. The highest BCUT2D eigenvalue weighted by atomic mass is 32.2. The third-order valence-electron chi connectivity index (χ3n) is 4.14. The van der Waals surface area contributed by atoms with Gasteiger partial charge in [0.1, 0.15) is 18.1 Å². The molecule has 166 valence electrons. The molecule has 0 radical (unpaired) electrons. The van der Waals surface area contributed by atoms with Crippen LogP contribution in [0.5, 0.6) is 5.75 Å². The Morgan fingerprint density at radius 3 is 2.69 bits per heavy atom. The molecular weight excluding hydrogens is 439 g/mol. The Hall–Kier alpha value is -3.66. The predicted molar refractivity (Wildman–Crippen MR) is 116 cm³/mol. The quantitative estimate of drug-likeness (QED) is 0.478. The van der Waals surface area contributed by atoms with Crippen LogP contribution in [0.25, 0.3) is 6.08 Å². The molecule has 0 atom stereocenters. The number of para-hydroxylation sites is 1. The standard InChI is InChI=1S/C22H19FN2O6S/c1-2-30-20(27)13-31-17-9-4-3-6-14(17)10-18-21(28)25(22(29)32-18)12-19(26)24-16-8-5-7-15(23)11-16/h3-11H,2,12-13H2,1H3,(H,24,26)/b18-10+. The summed E-state index contributed by atoms with van der Waals surface area (Å²) in [4.78, 5) is 49.6. The highest BCUT2D eigenvalue weighted by molar-refractivity contribution is 8.18. The summed E-state index contributed by atoms with van der Waals surface area (Å²) in [6.45, 7) is 1.09. The van der Waals surface area contributed by atoms with Crippen molar-refractivity contribution in [2.75, 3.05) is 25.1 Å². The van der Waals surface area contributed by atoms with Gasteiger partial charge in [0.2, 0.25) is 5.91 Å². The van der Waals surface area contributed by atoms with Crippen LogP contribution < -0.4 is 10.1 Å². The molecule has 1 heterocycles. The minimum atomic E-state index is -0.644. The maximum Gasteiger partial charge on any atom is 0.344 e. The number of esters is 1. The van der Waals surface area contributed by atoms with E-state index in [0.29, 0.717) is 23.1 Å². The van der Waals surface area contributed by atoms with Crippen LogP contribution in [-0.2, 0) is 19.1 Å². The molecule has 0 saturated carbocycles. The number of anilines is 1. The van der Waals surface area contributed by atoms with E-state index in [1.54, 1.807) is 31.2 Å². The van der Waals surface area contributed by atoms with Gasteiger partial charge in [-0.05, 0) is 49.0 Å². The van der Waals surface area contributed by atoms with Gasteiger partial charge in [0.25, 0.3) is 11.1 Å². The molecule has 3 amide bonds. The second-order valence-electron chi connectivity index (χ2n) is 6.46. The van der Waals surface area contributed by atoms with Gasteiger partial charge in [0.15, 0.2) is 6.61 Å². The van der Waals surface area contributed by atoms with E-state index in [0.717, 1.165) is 11.0 Å². The number of imide groups is 1. The van der Waals surface area contributed by atoms with Crippen LogP contribution in [0.3, 0.4) is 0 Å². The van der Waals surface area contributed by atoms with Gasteiger partial charge in [-0.3, -0.25) is 19.3 Å².